The Morgan fingerprint density at radius 1 is 0.952 bits per heavy atom. The largest absolute Gasteiger partial charge is 0.343 e. The minimum atomic E-state index is -0.519. The van der Waals surface area contributed by atoms with Gasteiger partial charge < -0.3 is 16.0 Å². The van der Waals surface area contributed by atoms with Gasteiger partial charge >= 0.3 is 0 Å². The van der Waals surface area contributed by atoms with Gasteiger partial charge in [0, 0.05) is 24.2 Å². The van der Waals surface area contributed by atoms with Crippen molar-refractivity contribution in [3.8, 4) is 11.4 Å². The van der Waals surface area contributed by atoms with Gasteiger partial charge in [0.25, 0.3) is 5.91 Å². The average Bonchev–Trinajstić information content (AvgIpc) is 3.87. The number of nitrogens with zero attached hydrogens (tertiary/aromatic N) is 4. The van der Waals surface area contributed by atoms with Crippen molar-refractivity contribution in [1.29, 1.82) is 0 Å². The second-order valence-corrected chi connectivity index (χ2v) is 10.2. The third-order valence-electron chi connectivity index (χ3n) is 6.93. The summed E-state index contributed by atoms with van der Waals surface area (Å²) in [5.41, 5.74) is 7.37. The van der Waals surface area contributed by atoms with Crippen LogP contribution >= 0.6 is 0 Å². The second kappa shape index (κ2) is 17.0. The van der Waals surface area contributed by atoms with E-state index in [1.165, 1.54) is 30.5 Å². The lowest BCUT2D eigenvalue weighted by atomic mass is 9.97. The first-order valence-corrected chi connectivity index (χ1v) is 14.2. The third kappa shape index (κ3) is 10.7. The predicted molar refractivity (Wildman–Crippen MR) is 157 cm³/mol. The molecule has 9 nitrogen and oxygen atoms in total. The van der Waals surface area contributed by atoms with Gasteiger partial charge in [0.1, 0.15) is 5.82 Å². The summed E-state index contributed by atoms with van der Waals surface area (Å²) >= 11 is 0. The third-order valence-corrected chi connectivity index (χ3v) is 6.93. The Balaban J connectivity index is 0.000000282. The summed E-state index contributed by atoms with van der Waals surface area (Å²) in [5.74, 6) is 0.165. The summed E-state index contributed by atoms with van der Waals surface area (Å²) in [6.07, 6.45) is 7.31. The summed E-state index contributed by atoms with van der Waals surface area (Å²) in [5, 5.41) is 5.54. The van der Waals surface area contributed by atoms with Crippen molar-refractivity contribution in [2.45, 2.75) is 44.9 Å². The maximum Gasteiger partial charge on any atom is 0.251 e. The van der Waals surface area contributed by atoms with E-state index in [2.05, 4.69) is 27.4 Å². The summed E-state index contributed by atoms with van der Waals surface area (Å²) in [6.45, 7) is 4.22. The van der Waals surface area contributed by atoms with Gasteiger partial charge in [-0.25, -0.2) is 18.7 Å². The minimum absolute atomic E-state index is 0.0851. The number of aromatic nitrogens is 2. The summed E-state index contributed by atoms with van der Waals surface area (Å²) in [4.78, 5) is 44.3. The maximum absolute atomic E-state index is 12.9. The summed E-state index contributed by atoms with van der Waals surface area (Å²) in [7, 11) is 0. The molecule has 5 rings (SSSR count). The molecule has 0 radical (unpaired) electrons. The van der Waals surface area contributed by atoms with Crippen molar-refractivity contribution in [2.75, 3.05) is 32.7 Å². The molecule has 3 aromatic rings. The van der Waals surface area contributed by atoms with E-state index in [-0.39, 0.29) is 36.6 Å². The van der Waals surface area contributed by atoms with Crippen LogP contribution in [0.4, 0.5) is 8.78 Å². The van der Waals surface area contributed by atoms with Crippen molar-refractivity contribution >= 4 is 11.8 Å². The molecule has 2 amide bonds. The van der Waals surface area contributed by atoms with E-state index in [9.17, 15) is 23.3 Å². The van der Waals surface area contributed by atoms with Crippen LogP contribution in [0.2, 0.25) is 0 Å². The van der Waals surface area contributed by atoms with Crippen molar-refractivity contribution in [3.63, 3.8) is 0 Å². The highest BCUT2D eigenvalue weighted by molar-refractivity contribution is 5.96. The number of nitroso groups, excluding NO2 is 1. The Hall–Kier alpha value is -4.12. The minimum Gasteiger partial charge on any atom is -0.343 e. The molecule has 0 bridgehead atoms. The molecule has 1 aliphatic carbocycles. The van der Waals surface area contributed by atoms with Crippen LogP contribution in [0.1, 0.15) is 60.9 Å². The molecule has 1 aliphatic heterocycles. The van der Waals surface area contributed by atoms with Gasteiger partial charge in [0.15, 0.2) is 11.6 Å². The molecular formula is C31H38F2N6O3. The van der Waals surface area contributed by atoms with Gasteiger partial charge in [-0.15, -0.1) is 0 Å². The quantitative estimate of drug-likeness (QED) is 0.358. The van der Waals surface area contributed by atoms with Crippen molar-refractivity contribution in [1.82, 2.24) is 20.2 Å². The standard InChI is InChI=1S/C19H20FN5O3.C9H9F.C3H9N/c20-16-10-21-18(22-11-16)14-1-3-15(4-2-14)19(27)23-12-17(26)25-7-5-13(6-8-25)9-24-28;10-9-5-3-8(4-6-9)7-1-2-7;1-2-3-4/h1-4,10-11,13H,5-9,12H2,(H,23,27);3-7H,1-2H2;2-4H2,1H3. The molecule has 224 valence electrons. The topological polar surface area (TPSA) is 131 Å². The number of benzene rings is 2. The predicted octanol–water partition coefficient (Wildman–Crippen LogP) is 5.08. The number of halogens is 2. The van der Waals surface area contributed by atoms with Crippen LogP contribution in [0.15, 0.2) is 66.1 Å². The van der Waals surface area contributed by atoms with Gasteiger partial charge in [-0.05, 0) is 80.3 Å². The van der Waals surface area contributed by atoms with Gasteiger partial charge in [-0.1, -0.05) is 36.4 Å². The smallest absolute Gasteiger partial charge is 0.251 e. The van der Waals surface area contributed by atoms with E-state index in [4.69, 9.17) is 5.73 Å². The molecule has 1 saturated carbocycles. The van der Waals surface area contributed by atoms with Crippen LogP contribution in [-0.2, 0) is 4.79 Å². The number of carbonyl (C=O) groups excluding carboxylic acids is 2. The number of hydrogen-bond acceptors (Lipinski definition) is 7. The number of nitrogens with one attached hydrogen (secondary N) is 1. The zero-order valence-corrected chi connectivity index (χ0v) is 23.8. The van der Waals surface area contributed by atoms with Crippen molar-refractivity contribution in [3.05, 3.63) is 88.6 Å². The number of carbonyl (C=O) groups is 2. The van der Waals surface area contributed by atoms with Crippen LogP contribution in [0.25, 0.3) is 11.4 Å². The molecule has 3 N–H and O–H groups in total. The summed E-state index contributed by atoms with van der Waals surface area (Å²) in [6, 6.07) is 13.4. The number of piperidine rings is 1. The second-order valence-electron chi connectivity index (χ2n) is 10.2. The monoisotopic (exact) mass is 580 g/mol. The fraction of sp³-hybridized carbons (Fsp3) is 0.419. The number of hydrogen-bond donors (Lipinski definition) is 2. The molecular weight excluding hydrogens is 542 g/mol. The Bertz CT molecular complexity index is 1260. The first-order chi connectivity index (χ1) is 20.3. The van der Waals surface area contributed by atoms with Gasteiger partial charge in [0.2, 0.25) is 5.91 Å². The number of amides is 2. The van der Waals surface area contributed by atoms with E-state index < -0.39 is 5.82 Å². The number of nitrogens with two attached hydrogens (primary N) is 1. The van der Waals surface area contributed by atoms with Crippen LogP contribution in [-0.4, -0.2) is 59.4 Å². The van der Waals surface area contributed by atoms with Crippen LogP contribution < -0.4 is 11.1 Å². The Labute approximate surface area is 244 Å². The molecule has 42 heavy (non-hydrogen) atoms. The van der Waals surface area contributed by atoms with E-state index in [0.29, 0.717) is 30.0 Å². The van der Waals surface area contributed by atoms with Gasteiger partial charge in [-0.3, -0.25) is 9.59 Å². The summed E-state index contributed by atoms with van der Waals surface area (Å²) < 4.78 is 25.3. The maximum atomic E-state index is 12.9. The normalized spacial score (nSPS) is 14.5. The van der Waals surface area contributed by atoms with Gasteiger partial charge in [0.05, 0.1) is 25.5 Å². The fourth-order valence-corrected chi connectivity index (χ4v) is 4.22. The van der Waals surface area contributed by atoms with E-state index in [1.54, 1.807) is 29.2 Å². The Morgan fingerprint density at radius 2 is 1.55 bits per heavy atom. The van der Waals surface area contributed by atoms with Crippen molar-refractivity contribution < 1.29 is 18.4 Å². The molecule has 11 heteroatoms. The zero-order chi connectivity index (χ0) is 30.3. The molecule has 2 heterocycles. The SMILES string of the molecule is CCCN.Fc1ccc(C2CC2)cc1.O=NCC1CCN(C(=O)CNC(=O)c2ccc(-c3ncc(F)cn3)cc2)CC1. The lowest BCUT2D eigenvalue weighted by Gasteiger charge is -2.31. The molecule has 1 saturated heterocycles. The van der Waals surface area contributed by atoms with E-state index in [1.807, 2.05) is 12.1 Å². The highest BCUT2D eigenvalue weighted by atomic mass is 19.1. The zero-order valence-electron chi connectivity index (χ0n) is 23.8. The molecule has 1 aromatic heterocycles. The molecule has 0 spiro atoms. The fourth-order valence-electron chi connectivity index (χ4n) is 4.22. The van der Waals surface area contributed by atoms with Crippen LogP contribution in [0.3, 0.4) is 0 Å². The molecule has 2 aromatic carbocycles. The number of rotatable bonds is 8. The van der Waals surface area contributed by atoms with Crippen LogP contribution in [0, 0.1) is 22.5 Å². The Kier molecular flexibility index (Phi) is 13.1. The molecule has 0 unspecified atom stereocenters. The first kappa shape index (κ1) is 32.4. The highest BCUT2D eigenvalue weighted by Gasteiger charge is 2.24. The average molecular weight is 581 g/mol. The van der Waals surface area contributed by atoms with Crippen LogP contribution in [0.5, 0.6) is 0 Å². The first-order valence-electron chi connectivity index (χ1n) is 14.2. The van der Waals surface area contributed by atoms with E-state index in [0.717, 1.165) is 44.1 Å². The molecule has 2 aliphatic rings. The lowest BCUT2D eigenvalue weighted by molar-refractivity contribution is -0.131. The number of likely N-dealkylation sites (tertiary alicyclic amines) is 1. The van der Waals surface area contributed by atoms with Gasteiger partial charge in [-0.2, -0.15) is 4.91 Å². The van der Waals surface area contributed by atoms with E-state index >= 15 is 0 Å². The molecule has 2 fully saturated rings. The lowest BCUT2D eigenvalue weighted by Crippen LogP contribution is -2.44. The Morgan fingerprint density at radius 3 is 2.07 bits per heavy atom. The van der Waals surface area contributed by atoms with Crippen molar-refractivity contribution in [2.24, 2.45) is 16.8 Å². The molecule has 0 atom stereocenters. The highest BCUT2D eigenvalue weighted by Crippen LogP contribution is 2.39.